The molecule has 1 fully saturated rings. The lowest BCUT2D eigenvalue weighted by Crippen LogP contribution is -2.39. The molecule has 1 saturated heterocycles. The van der Waals surface area contributed by atoms with Gasteiger partial charge < -0.3 is 14.5 Å². The molecule has 0 aliphatic carbocycles. The van der Waals surface area contributed by atoms with Gasteiger partial charge in [-0.2, -0.15) is 0 Å². The molecule has 0 spiro atoms. The zero-order chi connectivity index (χ0) is 14.5. The van der Waals surface area contributed by atoms with Gasteiger partial charge in [-0.3, -0.25) is 4.79 Å². The van der Waals surface area contributed by atoms with Gasteiger partial charge in [0.2, 0.25) is 0 Å². The number of benzene rings is 1. The molecule has 1 heterocycles. The van der Waals surface area contributed by atoms with Gasteiger partial charge in [-0.05, 0) is 44.0 Å². The van der Waals surface area contributed by atoms with E-state index in [1.807, 2.05) is 21.0 Å². The Bertz CT molecular complexity index is 442. The molecule has 2 rings (SSSR count). The van der Waals surface area contributed by atoms with E-state index in [-0.39, 0.29) is 11.9 Å². The average Bonchev–Trinajstić information content (AvgIpc) is 2.48. The molecular formula is C16H24N2O2. The summed E-state index contributed by atoms with van der Waals surface area (Å²) >= 11 is 0. The zero-order valence-electron chi connectivity index (χ0n) is 12.6. The van der Waals surface area contributed by atoms with E-state index in [2.05, 4.69) is 34.1 Å². The topological polar surface area (TPSA) is 32.8 Å². The predicted molar refractivity (Wildman–Crippen MR) is 82.3 cm³/mol. The minimum atomic E-state index is -0.0536. The zero-order valence-corrected chi connectivity index (χ0v) is 12.6. The van der Waals surface area contributed by atoms with Crippen LogP contribution in [-0.4, -0.2) is 39.8 Å². The van der Waals surface area contributed by atoms with E-state index in [4.69, 9.17) is 4.74 Å². The van der Waals surface area contributed by atoms with E-state index < -0.39 is 0 Å². The number of hydrogen-bond acceptors (Lipinski definition) is 4. The fourth-order valence-electron chi connectivity index (χ4n) is 2.63. The highest BCUT2D eigenvalue weighted by molar-refractivity contribution is 5.73. The Morgan fingerprint density at radius 2 is 2.05 bits per heavy atom. The second-order valence-electron chi connectivity index (χ2n) is 5.45. The third kappa shape index (κ3) is 3.44. The molecule has 0 radical (unpaired) electrons. The van der Waals surface area contributed by atoms with Crippen LogP contribution in [0.25, 0.3) is 0 Å². The van der Waals surface area contributed by atoms with Gasteiger partial charge in [0.15, 0.2) is 0 Å². The summed E-state index contributed by atoms with van der Waals surface area (Å²) in [5.41, 5.74) is 2.37. The number of carbonyl (C=O) groups excluding carboxylic acids is 1. The van der Waals surface area contributed by atoms with Crippen LogP contribution >= 0.6 is 0 Å². The van der Waals surface area contributed by atoms with Gasteiger partial charge in [-0.15, -0.1) is 0 Å². The van der Waals surface area contributed by atoms with Crippen LogP contribution in [-0.2, 0) is 9.53 Å². The summed E-state index contributed by atoms with van der Waals surface area (Å²) in [6.07, 6.45) is 1.98. The Kier molecular flexibility index (Phi) is 4.88. The largest absolute Gasteiger partial charge is 0.466 e. The van der Waals surface area contributed by atoms with Gasteiger partial charge in [0.05, 0.1) is 12.5 Å². The van der Waals surface area contributed by atoms with E-state index in [1.165, 1.54) is 11.4 Å². The van der Waals surface area contributed by atoms with E-state index in [1.54, 1.807) is 0 Å². The average molecular weight is 276 g/mol. The van der Waals surface area contributed by atoms with Gasteiger partial charge in [-0.25, -0.2) is 0 Å². The van der Waals surface area contributed by atoms with Gasteiger partial charge in [-0.1, -0.05) is 0 Å². The first-order valence-electron chi connectivity index (χ1n) is 7.30. The number of piperidine rings is 1. The first-order valence-corrected chi connectivity index (χ1v) is 7.30. The quantitative estimate of drug-likeness (QED) is 0.791. The maximum Gasteiger partial charge on any atom is 0.310 e. The Morgan fingerprint density at radius 3 is 2.65 bits per heavy atom. The smallest absolute Gasteiger partial charge is 0.310 e. The first kappa shape index (κ1) is 14.7. The number of carbonyl (C=O) groups is 1. The Labute approximate surface area is 121 Å². The summed E-state index contributed by atoms with van der Waals surface area (Å²) in [6.45, 7) is 4.10. The SMILES string of the molecule is CCOC(=O)C1CCCN(c2ccc(N(C)C)cc2)C1. The van der Waals surface area contributed by atoms with E-state index in [0.29, 0.717) is 6.61 Å². The minimum absolute atomic E-state index is 0.0113. The van der Waals surface area contributed by atoms with Crippen molar-refractivity contribution in [1.29, 1.82) is 0 Å². The maximum atomic E-state index is 11.9. The van der Waals surface area contributed by atoms with Gasteiger partial charge in [0.1, 0.15) is 0 Å². The number of anilines is 2. The lowest BCUT2D eigenvalue weighted by atomic mass is 9.97. The highest BCUT2D eigenvalue weighted by Gasteiger charge is 2.26. The van der Waals surface area contributed by atoms with Crippen molar-refractivity contribution in [1.82, 2.24) is 0 Å². The minimum Gasteiger partial charge on any atom is -0.466 e. The second-order valence-corrected chi connectivity index (χ2v) is 5.45. The molecule has 1 aromatic carbocycles. The van der Waals surface area contributed by atoms with Crippen LogP contribution in [0.2, 0.25) is 0 Å². The van der Waals surface area contributed by atoms with Crippen LogP contribution in [0, 0.1) is 5.92 Å². The van der Waals surface area contributed by atoms with Gasteiger partial charge in [0, 0.05) is 38.6 Å². The molecule has 1 aromatic rings. The summed E-state index contributed by atoms with van der Waals surface area (Å²) in [4.78, 5) is 16.2. The molecule has 4 heteroatoms. The van der Waals surface area contributed by atoms with Crippen molar-refractivity contribution in [2.45, 2.75) is 19.8 Å². The monoisotopic (exact) mass is 276 g/mol. The second kappa shape index (κ2) is 6.64. The van der Waals surface area contributed by atoms with Crippen molar-refractivity contribution < 1.29 is 9.53 Å². The number of hydrogen-bond donors (Lipinski definition) is 0. The van der Waals surface area contributed by atoms with Crippen LogP contribution in [0.3, 0.4) is 0 Å². The maximum absolute atomic E-state index is 11.9. The lowest BCUT2D eigenvalue weighted by Gasteiger charge is -2.33. The summed E-state index contributed by atoms with van der Waals surface area (Å²) < 4.78 is 5.14. The molecule has 20 heavy (non-hydrogen) atoms. The molecule has 0 saturated carbocycles. The summed E-state index contributed by atoms with van der Waals surface area (Å²) in [6, 6.07) is 8.48. The van der Waals surface area contributed by atoms with Crippen LogP contribution in [0.5, 0.6) is 0 Å². The molecule has 110 valence electrons. The number of rotatable bonds is 4. The number of nitrogens with zero attached hydrogens (tertiary/aromatic N) is 2. The summed E-state index contributed by atoms with van der Waals surface area (Å²) in [5.74, 6) is -0.0423. The van der Waals surface area contributed by atoms with Crippen LogP contribution in [0.1, 0.15) is 19.8 Å². The molecule has 0 amide bonds. The molecule has 1 aliphatic heterocycles. The molecule has 1 unspecified atom stereocenters. The Hall–Kier alpha value is -1.71. The van der Waals surface area contributed by atoms with Crippen molar-refractivity contribution in [2.24, 2.45) is 5.92 Å². The van der Waals surface area contributed by atoms with Gasteiger partial charge in [0.25, 0.3) is 0 Å². The summed E-state index contributed by atoms with van der Waals surface area (Å²) in [7, 11) is 4.07. The third-order valence-corrected chi connectivity index (χ3v) is 3.77. The molecule has 4 nitrogen and oxygen atoms in total. The van der Waals surface area contributed by atoms with Crippen molar-refractivity contribution in [3.63, 3.8) is 0 Å². The molecule has 0 N–H and O–H groups in total. The standard InChI is InChI=1S/C16H24N2O2/c1-4-20-16(19)13-6-5-11-18(12-13)15-9-7-14(8-10-15)17(2)3/h7-10,13H,4-6,11-12H2,1-3H3. The highest BCUT2D eigenvalue weighted by Crippen LogP contribution is 2.25. The van der Waals surface area contributed by atoms with E-state index in [9.17, 15) is 4.79 Å². The van der Waals surface area contributed by atoms with Gasteiger partial charge >= 0.3 is 5.97 Å². The van der Waals surface area contributed by atoms with Crippen LogP contribution in [0.15, 0.2) is 24.3 Å². The van der Waals surface area contributed by atoms with E-state index >= 15 is 0 Å². The normalized spacial score (nSPS) is 18.8. The molecule has 1 aliphatic rings. The molecule has 0 bridgehead atoms. The lowest BCUT2D eigenvalue weighted by molar-refractivity contribution is -0.148. The van der Waals surface area contributed by atoms with Crippen LogP contribution in [0.4, 0.5) is 11.4 Å². The Balaban J connectivity index is 2.03. The number of esters is 1. The fraction of sp³-hybridized carbons (Fsp3) is 0.562. The van der Waals surface area contributed by atoms with Crippen molar-refractivity contribution >= 4 is 17.3 Å². The van der Waals surface area contributed by atoms with Crippen LogP contribution < -0.4 is 9.80 Å². The molecule has 0 aromatic heterocycles. The summed E-state index contributed by atoms with van der Waals surface area (Å²) in [5, 5.41) is 0. The third-order valence-electron chi connectivity index (χ3n) is 3.77. The van der Waals surface area contributed by atoms with Crippen molar-refractivity contribution in [3.8, 4) is 0 Å². The highest BCUT2D eigenvalue weighted by atomic mass is 16.5. The molecular weight excluding hydrogens is 252 g/mol. The fourth-order valence-corrected chi connectivity index (χ4v) is 2.63. The van der Waals surface area contributed by atoms with Crippen molar-refractivity contribution in [3.05, 3.63) is 24.3 Å². The van der Waals surface area contributed by atoms with E-state index in [0.717, 1.165) is 25.9 Å². The first-order chi connectivity index (χ1) is 9.61. The predicted octanol–water partition coefficient (Wildman–Crippen LogP) is 2.53. The number of ether oxygens (including phenoxy) is 1. The molecule has 1 atom stereocenters. The Morgan fingerprint density at radius 1 is 1.35 bits per heavy atom. The van der Waals surface area contributed by atoms with Crippen molar-refractivity contribution in [2.75, 3.05) is 43.6 Å².